The second-order valence-electron chi connectivity index (χ2n) is 4.72. The van der Waals surface area contributed by atoms with E-state index in [-0.39, 0.29) is 5.56 Å². The minimum Gasteiger partial charge on any atom is -0.311 e. The van der Waals surface area contributed by atoms with Crippen LogP contribution in [0.2, 0.25) is 0 Å². The van der Waals surface area contributed by atoms with Crippen LogP contribution in [0.1, 0.15) is 37.3 Å². The molecule has 1 aromatic carbocycles. The van der Waals surface area contributed by atoms with Crippen molar-refractivity contribution in [3.05, 3.63) is 70.1 Å². The van der Waals surface area contributed by atoms with Gasteiger partial charge in [0.15, 0.2) is 0 Å². The fraction of sp³-hybridized carbons (Fsp3) is 0.312. The van der Waals surface area contributed by atoms with Gasteiger partial charge < -0.3 is 4.57 Å². The van der Waals surface area contributed by atoms with Crippen molar-refractivity contribution in [2.75, 3.05) is 0 Å². The van der Waals surface area contributed by atoms with Crippen LogP contribution in [0.3, 0.4) is 0 Å². The maximum Gasteiger partial charge on any atom is 0.250 e. The van der Waals surface area contributed by atoms with Crippen LogP contribution in [0, 0.1) is 0 Å². The fourth-order valence-electron chi connectivity index (χ4n) is 1.98. The van der Waals surface area contributed by atoms with E-state index in [0.717, 1.165) is 12.0 Å². The van der Waals surface area contributed by atoms with Crippen molar-refractivity contribution in [1.82, 2.24) is 4.57 Å². The molecule has 1 heterocycles. The Kier molecular flexibility index (Phi) is 3.98. The molecular formula is C16H19NO. The highest BCUT2D eigenvalue weighted by Crippen LogP contribution is 2.18. The molecule has 0 aliphatic heterocycles. The SMILES string of the molecule is CCC(C)c1ccc(Cn2ccccc2=O)cc1. The summed E-state index contributed by atoms with van der Waals surface area (Å²) in [5.41, 5.74) is 2.57. The van der Waals surface area contributed by atoms with E-state index in [0.29, 0.717) is 12.5 Å². The average molecular weight is 241 g/mol. The van der Waals surface area contributed by atoms with Crippen molar-refractivity contribution in [3.63, 3.8) is 0 Å². The molecule has 0 amide bonds. The number of pyridine rings is 1. The van der Waals surface area contributed by atoms with E-state index in [4.69, 9.17) is 0 Å². The summed E-state index contributed by atoms with van der Waals surface area (Å²) in [6.07, 6.45) is 2.97. The van der Waals surface area contributed by atoms with E-state index in [9.17, 15) is 4.79 Å². The zero-order valence-corrected chi connectivity index (χ0v) is 11.0. The summed E-state index contributed by atoms with van der Waals surface area (Å²) in [6.45, 7) is 5.07. The highest BCUT2D eigenvalue weighted by molar-refractivity contribution is 5.25. The quantitative estimate of drug-likeness (QED) is 0.804. The summed E-state index contributed by atoms with van der Waals surface area (Å²) in [6, 6.07) is 13.8. The molecule has 2 rings (SSSR count). The highest BCUT2D eigenvalue weighted by atomic mass is 16.1. The van der Waals surface area contributed by atoms with Gasteiger partial charge in [-0.2, -0.15) is 0 Å². The maximum absolute atomic E-state index is 11.6. The summed E-state index contributed by atoms with van der Waals surface area (Å²) < 4.78 is 1.72. The number of hydrogen-bond donors (Lipinski definition) is 0. The van der Waals surface area contributed by atoms with Gasteiger partial charge in [0, 0.05) is 12.3 Å². The van der Waals surface area contributed by atoms with Crippen molar-refractivity contribution in [3.8, 4) is 0 Å². The Hall–Kier alpha value is -1.83. The predicted molar refractivity (Wildman–Crippen MR) is 75.0 cm³/mol. The average Bonchev–Trinajstić information content (AvgIpc) is 2.41. The van der Waals surface area contributed by atoms with Gasteiger partial charge >= 0.3 is 0 Å². The highest BCUT2D eigenvalue weighted by Gasteiger charge is 2.03. The van der Waals surface area contributed by atoms with Gasteiger partial charge in [-0.3, -0.25) is 4.79 Å². The van der Waals surface area contributed by atoms with E-state index in [1.165, 1.54) is 5.56 Å². The third-order valence-electron chi connectivity index (χ3n) is 3.41. The van der Waals surface area contributed by atoms with Gasteiger partial charge in [0.25, 0.3) is 5.56 Å². The Labute approximate surface area is 108 Å². The molecule has 0 radical (unpaired) electrons. The first kappa shape index (κ1) is 12.6. The van der Waals surface area contributed by atoms with Crippen LogP contribution in [0.15, 0.2) is 53.5 Å². The summed E-state index contributed by atoms with van der Waals surface area (Å²) in [4.78, 5) is 11.6. The number of aromatic nitrogens is 1. The zero-order valence-electron chi connectivity index (χ0n) is 11.0. The summed E-state index contributed by atoms with van der Waals surface area (Å²) >= 11 is 0. The Morgan fingerprint density at radius 2 is 1.83 bits per heavy atom. The molecule has 0 aliphatic rings. The molecule has 1 aromatic heterocycles. The van der Waals surface area contributed by atoms with Crippen LogP contribution in [-0.2, 0) is 6.54 Å². The number of rotatable bonds is 4. The molecule has 1 unspecified atom stereocenters. The van der Waals surface area contributed by atoms with Crippen LogP contribution < -0.4 is 5.56 Å². The largest absolute Gasteiger partial charge is 0.311 e. The van der Waals surface area contributed by atoms with E-state index >= 15 is 0 Å². The number of hydrogen-bond acceptors (Lipinski definition) is 1. The third kappa shape index (κ3) is 2.89. The second-order valence-corrected chi connectivity index (χ2v) is 4.72. The van der Waals surface area contributed by atoms with Crippen molar-refractivity contribution >= 4 is 0 Å². The monoisotopic (exact) mass is 241 g/mol. The van der Waals surface area contributed by atoms with E-state index < -0.39 is 0 Å². The summed E-state index contributed by atoms with van der Waals surface area (Å²) in [7, 11) is 0. The molecule has 0 saturated carbocycles. The van der Waals surface area contributed by atoms with Crippen LogP contribution in [0.5, 0.6) is 0 Å². The first-order valence-electron chi connectivity index (χ1n) is 6.45. The van der Waals surface area contributed by atoms with Gasteiger partial charge in [0.05, 0.1) is 6.54 Å². The smallest absolute Gasteiger partial charge is 0.250 e. The van der Waals surface area contributed by atoms with E-state index in [1.54, 1.807) is 16.7 Å². The standard InChI is InChI=1S/C16H19NO/c1-3-13(2)15-9-7-14(8-10-15)12-17-11-5-4-6-16(17)18/h4-11,13H,3,12H2,1-2H3. The molecule has 0 saturated heterocycles. The normalized spacial score (nSPS) is 12.3. The summed E-state index contributed by atoms with van der Waals surface area (Å²) in [5, 5.41) is 0. The number of nitrogens with zero attached hydrogens (tertiary/aromatic N) is 1. The molecule has 0 N–H and O–H groups in total. The molecule has 0 fully saturated rings. The molecule has 0 aliphatic carbocycles. The first-order chi connectivity index (χ1) is 8.70. The van der Waals surface area contributed by atoms with E-state index in [2.05, 4.69) is 38.1 Å². The lowest BCUT2D eigenvalue weighted by molar-refractivity contribution is 0.729. The van der Waals surface area contributed by atoms with Crippen molar-refractivity contribution in [2.24, 2.45) is 0 Å². The van der Waals surface area contributed by atoms with Crippen LogP contribution >= 0.6 is 0 Å². The minimum absolute atomic E-state index is 0.0449. The van der Waals surface area contributed by atoms with Gasteiger partial charge in [-0.1, -0.05) is 44.2 Å². The molecule has 1 atom stereocenters. The van der Waals surface area contributed by atoms with Crippen LogP contribution in [-0.4, -0.2) is 4.57 Å². The summed E-state index contributed by atoms with van der Waals surface area (Å²) in [5.74, 6) is 0.596. The first-order valence-corrected chi connectivity index (χ1v) is 6.45. The van der Waals surface area contributed by atoms with Gasteiger partial charge in [-0.05, 0) is 29.5 Å². The predicted octanol–water partition coefficient (Wildman–Crippen LogP) is 3.41. The molecular weight excluding hydrogens is 222 g/mol. The second kappa shape index (κ2) is 5.67. The molecule has 2 nitrogen and oxygen atoms in total. The maximum atomic E-state index is 11.6. The van der Waals surface area contributed by atoms with Gasteiger partial charge in [-0.15, -0.1) is 0 Å². The lowest BCUT2D eigenvalue weighted by Gasteiger charge is -2.10. The lowest BCUT2D eigenvalue weighted by atomic mass is 9.98. The molecule has 18 heavy (non-hydrogen) atoms. The number of benzene rings is 1. The van der Waals surface area contributed by atoms with Crippen molar-refractivity contribution in [1.29, 1.82) is 0 Å². The zero-order chi connectivity index (χ0) is 13.0. The Balaban J connectivity index is 2.16. The Bertz CT molecular complexity index is 554. The topological polar surface area (TPSA) is 22.0 Å². The minimum atomic E-state index is 0.0449. The van der Waals surface area contributed by atoms with E-state index in [1.807, 2.05) is 12.3 Å². The van der Waals surface area contributed by atoms with Crippen molar-refractivity contribution < 1.29 is 0 Å². The van der Waals surface area contributed by atoms with Crippen LogP contribution in [0.25, 0.3) is 0 Å². The van der Waals surface area contributed by atoms with Gasteiger partial charge in [0.2, 0.25) is 0 Å². The fourth-order valence-corrected chi connectivity index (χ4v) is 1.98. The molecule has 2 aromatic rings. The lowest BCUT2D eigenvalue weighted by Crippen LogP contribution is -2.18. The molecule has 0 bridgehead atoms. The van der Waals surface area contributed by atoms with Gasteiger partial charge in [-0.25, -0.2) is 0 Å². The van der Waals surface area contributed by atoms with Crippen LogP contribution in [0.4, 0.5) is 0 Å². The third-order valence-corrected chi connectivity index (χ3v) is 3.41. The molecule has 2 heteroatoms. The molecule has 0 spiro atoms. The molecule has 94 valence electrons. The van der Waals surface area contributed by atoms with Crippen molar-refractivity contribution in [2.45, 2.75) is 32.7 Å². The Morgan fingerprint density at radius 1 is 1.11 bits per heavy atom. The van der Waals surface area contributed by atoms with Gasteiger partial charge in [0.1, 0.15) is 0 Å². The Morgan fingerprint density at radius 3 is 2.44 bits per heavy atom.